The summed E-state index contributed by atoms with van der Waals surface area (Å²) in [5.74, 6) is 1.60. The summed E-state index contributed by atoms with van der Waals surface area (Å²) in [5.41, 5.74) is -0.932. The van der Waals surface area contributed by atoms with Crippen LogP contribution in [0.2, 0.25) is 0 Å². The van der Waals surface area contributed by atoms with E-state index >= 15 is 0 Å². The molecule has 49 heavy (non-hydrogen) atoms. The van der Waals surface area contributed by atoms with E-state index in [0.29, 0.717) is 25.6 Å². The van der Waals surface area contributed by atoms with Crippen LogP contribution in [0.25, 0.3) is 0 Å². The monoisotopic (exact) mass is 836 g/mol. The predicted octanol–water partition coefficient (Wildman–Crippen LogP) is 7.03. The number of nitrogens with zero attached hydrogens (tertiary/aromatic N) is 4. The van der Waals surface area contributed by atoms with E-state index in [9.17, 15) is 18.0 Å². The molecule has 0 bridgehead atoms. The molecule has 2 saturated heterocycles. The van der Waals surface area contributed by atoms with Gasteiger partial charge in [0, 0.05) is 26.2 Å². The quantitative estimate of drug-likeness (QED) is 0.235. The fraction of sp³-hybridized carbons (Fsp3) is 0.636. The second-order valence-corrected chi connectivity index (χ2v) is 17.0. The number of rotatable bonds is 6. The summed E-state index contributed by atoms with van der Waals surface area (Å²) in [6.07, 6.45) is 6.93. The Balaban J connectivity index is 0.000000280. The van der Waals surface area contributed by atoms with Crippen LogP contribution < -0.4 is 4.74 Å². The van der Waals surface area contributed by atoms with Crippen LogP contribution >= 0.6 is 31.9 Å². The van der Waals surface area contributed by atoms with Crippen molar-refractivity contribution in [2.24, 2.45) is 11.8 Å². The molecule has 16 heteroatoms. The minimum absolute atomic E-state index is 0.174. The second-order valence-electron chi connectivity index (χ2n) is 13.8. The van der Waals surface area contributed by atoms with Crippen molar-refractivity contribution in [2.45, 2.75) is 78.4 Å². The van der Waals surface area contributed by atoms with Gasteiger partial charge in [-0.05, 0) is 135 Å². The molecule has 0 atom stereocenters. The molecule has 2 aliphatic heterocycles. The molecule has 2 amide bonds. The average molecular weight is 839 g/mol. The van der Waals surface area contributed by atoms with Crippen molar-refractivity contribution in [3.05, 3.63) is 45.9 Å². The Morgan fingerprint density at radius 1 is 0.776 bits per heavy atom. The van der Waals surface area contributed by atoms with Crippen molar-refractivity contribution >= 4 is 54.2 Å². The van der Waals surface area contributed by atoms with E-state index in [2.05, 4.69) is 41.8 Å². The molecule has 4 heterocycles. The lowest BCUT2D eigenvalue weighted by Gasteiger charge is -2.33. The van der Waals surface area contributed by atoms with Gasteiger partial charge in [-0.3, -0.25) is 4.18 Å². The fourth-order valence-electron chi connectivity index (χ4n) is 4.47. The van der Waals surface area contributed by atoms with E-state index in [-0.39, 0.29) is 30.5 Å². The first-order valence-electron chi connectivity index (χ1n) is 16.0. The van der Waals surface area contributed by atoms with Crippen LogP contribution in [0.3, 0.4) is 0 Å². The predicted molar refractivity (Wildman–Crippen MR) is 193 cm³/mol. The van der Waals surface area contributed by atoms with Crippen LogP contribution in [-0.4, -0.2) is 102 Å². The van der Waals surface area contributed by atoms with Gasteiger partial charge in [0.1, 0.15) is 31.9 Å². The van der Waals surface area contributed by atoms with Gasteiger partial charge < -0.3 is 29.1 Å². The minimum Gasteiger partial charge on any atom is -0.506 e. The van der Waals surface area contributed by atoms with Crippen molar-refractivity contribution in [1.82, 2.24) is 19.8 Å². The molecule has 276 valence electrons. The van der Waals surface area contributed by atoms with Crippen LogP contribution in [0.1, 0.15) is 67.2 Å². The van der Waals surface area contributed by atoms with Crippen LogP contribution in [0.4, 0.5) is 9.59 Å². The van der Waals surface area contributed by atoms with Gasteiger partial charge in [0.05, 0.1) is 31.9 Å². The highest BCUT2D eigenvalue weighted by Crippen LogP contribution is 2.22. The van der Waals surface area contributed by atoms with E-state index < -0.39 is 21.3 Å². The number of hydrogen-bond donors (Lipinski definition) is 1. The van der Waals surface area contributed by atoms with Crippen molar-refractivity contribution in [2.75, 3.05) is 45.6 Å². The zero-order valence-electron chi connectivity index (χ0n) is 29.4. The molecule has 4 rings (SSSR count). The maximum Gasteiger partial charge on any atom is 0.410 e. The molecule has 2 aromatic rings. The minimum atomic E-state index is -3.38. The molecule has 0 unspecified atom stereocenters. The lowest BCUT2D eigenvalue weighted by Crippen LogP contribution is -2.42. The Bertz CT molecular complexity index is 1380. The highest BCUT2D eigenvalue weighted by atomic mass is 79.9. The Morgan fingerprint density at radius 2 is 1.20 bits per heavy atom. The lowest BCUT2D eigenvalue weighted by atomic mass is 9.98. The van der Waals surface area contributed by atoms with Crippen LogP contribution in [-0.2, 0) is 23.8 Å². The molecular weight excluding hydrogens is 788 g/mol. The summed E-state index contributed by atoms with van der Waals surface area (Å²) in [5, 5.41) is 8.67. The van der Waals surface area contributed by atoms with Gasteiger partial charge in [-0.25, -0.2) is 19.6 Å². The van der Waals surface area contributed by atoms with Crippen molar-refractivity contribution in [3.8, 4) is 11.5 Å². The number of carbonyl (C=O) groups is 2. The highest BCUT2D eigenvalue weighted by Gasteiger charge is 2.28. The summed E-state index contributed by atoms with van der Waals surface area (Å²) in [6.45, 7) is 14.6. The first-order chi connectivity index (χ1) is 22.7. The number of aromatic nitrogens is 2. The van der Waals surface area contributed by atoms with Crippen molar-refractivity contribution in [3.63, 3.8) is 0 Å². The zero-order valence-corrected chi connectivity index (χ0v) is 33.3. The largest absolute Gasteiger partial charge is 0.506 e. The SMILES string of the molecule is CC(C)(C)OC(=O)N1CCC(COS(C)(=O)=O)CC1.CC(C)(C)OC(=O)N1CCC(COc2ccc(Br)nc2)CC1.Oc1ccc(Br)nc1. The molecule has 13 nitrogen and oxygen atoms in total. The molecule has 2 aromatic heterocycles. The molecule has 0 aromatic carbocycles. The Kier molecular flexibility index (Phi) is 17.0. The average Bonchev–Trinajstić information content (AvgIpc) is 3.00. The van der Waals surface area contributed by atoms with E-state index in [0.717, 1.165) is 60.0 Å². The van der Waals surface area contributed by atoms with Crippen molar-refractivity contribution < 1.29 is 41.5 Å². The highest BCUT2D eigenvalue weighted by molar-refractivity contribution is 9.10. The smallest absolute Gasteiger partial charge is 0.410 e. The number of hydrogen-bond acceptors (Lipinski definition) is 11. The molecule has 0 radical (unpaired) electrons. The van der Waals surface area contributed by atoms with Gasteiger partial charge in [-0.15, -0.1) is 0 Å². The number of carbonyl (C=O) groups excluding carboxylic acids is 2. The van der Waals surface area contributed by atoms with Gasteiger partial charge in [0.15, 0.2) is 0 Å². The Hall–Kier alpha value is -2.69. The maximum absolute atomic E-state index is 12.0. The summed E-state index contributed by atoms with van der Waals surface area (Å²) in [4.78, 5) is 35.1. The van der Waals surface area contributed by atoms with E-state index in [1.54, 1.807) is 28.1 Å². The second kappa shape index (κ2) is 19.6. The van der Waals surface area contributed by atoms with Crippen molar-refractivity contribution in [1.29, 1.82) is 0 Å². The Labute approximate surface area is 307 Å². The van der Waals surface area contributed by atoms with Gasteiger partial charge in [0.2, 0.25) is 0 Å². The van der Waals surface area contributed by atoms with Gasteiger partial charge >= 0.3 is 12.2 Å². The standard InChI is InChI=1S/C16H23BrN2O3.C12H23NO5S.C5H4BrNO/c1-16(2,3)22-15(20)19-8-6-12(7-9-19)11-21-13-4-5-14(17)18-10-13;1-12(2,3)18-11(14)13-7-5-10(6-8-13)9-17-19(4,15)16;6-5-2-1-4(8)3-7-5/h4-5,10,12H,6-9,11H2,1-3H3;10H,5-9H2,1-4H3;1-3,8H. The third kappa shape index (κ3) is 19.3. The summed E-state index contributed by atoms with van der Waals surface area (Å²) in [7, 11) is -3.38. The van der Waals surface area contributed by atoms with Crippen LogP contribution in [0.15, 0.2) is 45.9 Å². The van der Waals surface area contributed by atoms with Crippen LogP contribution in [0, 0.1) is 11.8 Å². The number of likely N-dealkylation sites (tertiary alicyclic amines) is 2. The third-order valence-corrected chi connectivity index (χ3v) is 8.45. The molecule has 1 N–H and O–H groups in total. The van der Waals surface area contributed by atoms with Crippen LogP contribution in [0.5, 0.6) is 11.5 Å². The topological polar surface area (TPSA) is 158 Å². The molecule has 0 aliphatic carbocycles. The van der Waals surface area contributed by atoms with Gasteiger partial charge in [-0.1, -0.05) is 0 Å². The number of amides is 2. The van der Waals surface area contributed by atoms with Gasteiger partial charge in [-0.2, -0.15) is 8.42 Å². The molecular formula is C33H50Br2N4O9S. The molecule has 2 aliphatic rings. The summed E-state index contributed by atoms with van der Waals surface area (Å²) in [6, 6.07) is 7.00. The maximum atomic E-state index is 12.0. The number of piperidine rings is 2. The first-order valence-corrected chi connectivity index (χ1v) is 19.4. The molecule has 0 spiro atoms. The van der Waals surface area contributed by atoms with Gasteiger partial charge in [0.25, 0.3) is 10.1 Å². The summed E-state index contributed by atoms with van der Waals surface area (Å²) < 4.78 is 44.5. The number of halogens is 2. The Morgan fingerprint density at radius 3 is 1.55 bits per heavy atom. The number of aromatic hydroxyl groups is 1. The fourth-order valence-corrected chi connectivity index (χ4v) is 5.38. The first kappa shape index (κ1) is 42.5. The van der Waals surface area contributed by atoms with E-state index in [1.807, 2.05) is 53.7 Å². The zero-order chi connectivity index (χ0) is 36.8. The van der Waals surface area contributed by atoms with E-state index in [1.165, 1.54) is 6.20 Å². The summed E-state index contributed by atoms with van der Waals surface area (Å²) >= 11 is 6.42. The normalized spacial score (nSPS) is 16.0. The lowest BCUT2D eigenvalue weighted by molar-refractivity contribution is 0.0156. The number of pyridine rings is 2. The molecule has 0 saturated carbocycles. The van der Waals surface area contributed by atoms with E-state index in [4.69, 9.17) is 23.5 Å². The third-order valence-electron chi connectivity index (χ3n) is 6.95. The number of ether oxygens (including phenoxy) is 3. The molecule has 2 fully saturated rings.